The highest BCUT2D eigenvalue weighted by atomic mass is 16.2. The zero-order valence-corrected chi connectivity index (χ0v) is 12.7. The van der Waals surface area contributed by atoms with E-state index in [-0.39, 0.29) is 0 Å². The zero-order chi connectivity index (χ0) is 13.9. The lowest BCUT2D eigenvalue weighted by Crippen LogP contribution is -2.38. The van der Waals surface area contributed by atoms with Crippen molar-refractivity contribution in [2.24, 2.45) is 11.7 Å². The number of likely N-dealkylation sites (tertiary alicyclic amines) is 1. The van der Waals surface area contributed by atoms with E-state index in [1.807, 2.05) is 0 Å². The molecule has 0 radical (unpaired) electrons. The minimum atomic E-state index is 0.365. The quantitative estimate of drug-likeness (QED) is 0.652. The predicted octanol–water partition coefficient (Wildman–Crippen LogP) is 3.32. The Hall–Kier alpha value is -0.570. The van der Waals surface area contributed by atoms with Crippen molar-refractivity contribution < 1.29 is 4.79 Å². The molecule has 1 rings (SSSR count). The standard InChI is InChI=1S/C16H32N2O/c1-2-3-5-8-15-10-13-18(14-11-15)16(19)9-6-4-7-12-17/h15H,2-14,17H2,1H3. The monoisotopic (exact) mass is 268 g/mol. The van der Waals surface area contributed by atoms with Gasteiger partial charge in [0.25, 0.3) is 0 Å². The SMILES string of the molecule is CCCCCC1CCN(C(=O)CCCCCN)CC1. The third kappa shape index (κ3) is 6.95. The van der Waals surface area contributed by atoms with Gasteiger partial charge in [-0.05, 0) is 38.1 Å². The smallest absolute Gasteiger partial charge is 0.222 e. The minimum Gasteiger partial charge on any atom is -0.343 e. The molecule has 0 aromatic heterocycles. The Balaban J connectivity index is 2.09. The van der Waals surface area contributed by atoms with Crippen LogP contribution in [0.3, 0.4) is 0 Å². The fraction of sp³-hybridized carbons (Fsp3) is 0.938. The third-order valence-corrected chi connectivity index (χ3v) is 4.28. The van der Waals surface area contributed by atoms with Crippen LogP contribution in [0.2, 0.25) is 0 Å². The van der Waals surface area contributed by atoms with Gasteiger partial charge in [-0.2, -0.15) is 0 Å². The normalized spacial score (nSPS) is 16.8. The summed E-state index contributed by atoms with van der Waals surface area (Å²) in [7, 11) is 0. The highest BCUT2D eigenvalue weighted by Gasteiger charge is 2.21. The maximum Gasteiger partial charge on any atom is 0.222 e. The van der Waals surface area contributed by atoms with Gasteiger partial charge in [0.1, 0.15) is 0 Å². The van der Waals surface area contributed by atoms with E-state index in [0.29, 0.717) is 5.91 Å². The molecule has 2 N–H and O–H groups in total. The van der Waals surface area contributed by atoms with Gasteiger partial charge in [-0.1, -0.05) is 39.0 Å². The third-order valence-electron chi connectivity index (χ3n) is 4.28. The molecule has 0 unspecified atom stereocenters. The van der Waals surface area contributed by atoms with E-state index in [1.165, 1.54) is 38.5 Å². The van der Waals surface area contributed by atoms with Crippen molar-refractivity contribution in [3.63, 3.8) is 0 Å². The zero-order valence-electron chi connectivity index (χ0n) is 12.7. The second-order valence-electron chi connectivity index (χ2n) is 5.92. The maximum absolute atomic E-state index is 12.0. The first kappa shape index (κ1) is 16.5. The summed E-state index contributed by atoms with van der Waals surface area (Å²) >= 11 is 0. The second-order valence-corrected chi connectivity index (χ2v) is 5.92. The molecule has 1 amide bonds. The summed E-state index contributed by atoms with van der Waals surface area (Å²) < 4.78 is 0. The Morgan fingerprint density at radius 3 is 2.47 bits per heavy atom. The van der Waals surface area contributed by atoms with Gasteiger partial charge >= 0.3 is 0 Å². The number of carbonyl (C=O) groups is 1. The van der Waals surface area contributed by atoms with Crippen LogP contribution in [0, 0.1) is 5.92 Å². The minimum absolute atomic E-state index is 0.365. The molecule has 1 heterocycles. The lowest BCUT2D eigenvalue weighted by molar-refractivity contribution is -0.132. The molecule has 1 aliphatic rings. The number of hydrogen-bond donors (Lipinski definition) is 1. The molecule has 3 nitrogen and oxygen atoms in total. The Kier molecular flexibility index (Phi) is 8.89. The van der Waals surface area contributed by atoms with Crippen molar-refractivity contribution in [3.05, 3.63) is 0 Å². The maximum atomic E-state index is 12.0. The molecule has 0 bridgehead atoms. The van der Waals surface area contributed by atoms with Crippen molar-refractivity contribution >= 4 is 5.91 Å². The van der Waals surface area contributed by atoms with Crippen LogP contribution in [0.1, 0.15) is 71.1 Å². The van der Waals surface area contributed by atoms with E-state index in [9.17, 15) is 4.79 Å². The number of hydrogen-bond acceptors (Lipinski definition) is 2. The predicted molar refractivity (Wildman–Crippen MR) is 81.0 cm³/mol. The van der Waals surface area contributed by atoms with E-state index >= 15 is 0 Å². The van der Waals surface area contributed by atoms with E-state index in [2.05, 4.69) is 11.8 Å². The number of nitrogens with two attached hydrogens (primary N) is 1. The average Bonchev–Trinajstić information content (AvgIpc) is 2.44. The van der Waals surface area contributed by atoms with Gasteiger partial charge in [0, 0.05) is 19.5 Å². The van der Waals surface area contributed by atoms with Crippen LogP contribution < -0.4 is 5.73 Å². The van der Waals surface area contributed by atoms with Gasteiger partial charge in [-0.3, -0.25) is 4.79 Å². The fourth-order valence-corrected chi connectivity index (χ4v) is 2.91. The summed E-state index contributed by atoms with van der Waals surface area (Å²) in [4.78, 5) is 14.1. The lowest BCUT2D eigenvalue weighted by Gasteiger charge is -2.32. The lowest BCUT2D eigenvalue weighted by atomic mass is 9.91. The van der Waals surface area contributed by atoms with Crippen molar-refractivity contribution in [1.82, 2.24) is 4.90 Å². The molecule has 0 spiro atoms. The number of piperidine rings is 1. The van der Waals surface area contributed by atoms with E-state index < -0.39 is 0 Å². The largest absolute Gasteiger partial charge is 0.343 e. The molecular weight excluding hydrogens is 236 g/mol. The number of carbonyl (C=O) groups excluding carboxylic acids is 1. The highest BCUT2D eigenvalue weighted by Crippen LogP contribution is 2.23. The van der Waals surface area contributed by atoms with Crippen LogP contribution in [-0.4, -0.2) is 30.4 Å². The molecule has 112 valence electrons. The summed E-state index contributed by atoms with van der Waals surface area (Å²) in [5, 5.41) is 0. The average molecular weight is 268 g/mol. The molecule has 19 heavy (non-hydrogen) atoms. The van der Waals surface area contributed by atoms with E-state index in [1.54, 1.807) is 0 Å². The van der Waals surface area contributed by atoms with Crippen LogP contribution in [0.5, 0.6) is 0 Å². The van der Waals surface area contributed by atoms with Crippen molar-refractivity contribution in [2.75, 3.05) is 19.6 Å². The van der Waals surface area contributed by atoms with Crippen LogP contribution in [0.15, 0.2) is 0 Å². The molecule has 0 aliphatic carbocycles. The van der Waals surface area contributed by atoms with Crippen LogP contribution in [0.4, 0.5) is 0 Å². The first-order chi connectivity index (χ1) is 9.27. The number of rotatable bonds is 9. The Morgan fingerprint density at radius 1 is 1.11 bits per heavy atom. The molecule has 3 heteroatoms. The summed E-state index contributed by atoms with van der Waals surface area (Å²) in [5.41, 5.74) is 5.46. The molecule has 0 saturated carbocycles. The van der Waals surface area contributed by atoms with Gasteiger partial charge < -0.3 is 10.6 Å². The van der Waals surface area contributed by atoms with Crippen molar-refractivity contribution in [2.45, 2.75) is 71.1 Å². The van der Waals surface area contributed by atoms with Crippen molar-refractivity contribution in [1.29, 1.82) is 0 Å². The van der Waals surface area contributed by atoms with Crippen LogP contribution in [0.25, 0.3) is 0 Å². The van der Waals surface area contributed by atoms with Crippen LogP contribution in [-0.2, 0) is 4.79 Å². The molecule has 1 aliphatic heterocycles. The fourth-order valence-electron chi connectivity index (χ4n) is 2.91. The summed E-state index contributed by atoms with van der Waals surface area (Å²) in [6.45, 7) is 4.99. The number of unbranched alkanes of at least 4 members (excludes halogenated alkanes) is 4. The Morgan fingerprint density at radius 2 is 1.84 bits per heavy atom. The molecule has 0 aromatic rings. The molecule has 0 aromatic carbocycles. The Bertz CT molecular complexity index is 235. The van der Waals surface area contributed by atoms with Crippen LogP contribution >= 0.6 is 0 Å². The van der Waals surface area contributed by atoms with Gasteiger partial charge in [0.2, 0.25) is 5.91 Å². The summed E-state index contributed by atoms with van der Waals surface area (Å²) in [6, 6.07) is 0. The second kappa shape index (κ2) is 10.2. The number of amides is 1. The van der Waals surface area contributed by atoms with Crippen molar-refractivity contribution in [3.8, 4) is 0 Å². The molecule has 1 saturated heterocycles. The summed E-state index contributed by atoms with van der Waals surface area (Å²) in [5.74, 6) is 1.23. The Labute approximate surface area is 118 Å². The highest BCUT2D eigenvalue weighted by molar-refractivity contribution is 5.76. The van der Waals surface area contributed by atoms with Gasteiger partial charge in [0.15, 0.2) is 0 Å². The molecular formula is C16H32N2O. The topological polar surface area (TPSA) is 46.3 Å². The number of nitrogens with zero attached hydrogens (tertiary/aromatic N) is 1. The van der Waals surface area contributed by atoms with Gasteiger partial charge in [-0.15, -0.1) is 0 Å². The molecule has 1 fully saturated rings. The first-order valence-electron chi connectivity index (χ1n) is 8.25. The molecule has 0 atom stereocenters. The first-order valence-corrected chi connectivity index (χ1v) is 8.25. The van der Waals surface area contributed by atoms with Gasteiger partial charge in [-0.25, -0.2) is 0 Å². The van der Waals surface area contributed by atoms with Gasteiger partial charge in [0.05, 0.1) is 0 Å². The van der Waals surface area contributed by atoms with E-state index in [0.717, 1.165) is 51.2 Å². The van der Waals surface area contributed by atoms with E-state index in [4.69, 9.17) is 5.73 Å². The summed E-state index contributed by atoms with van der Waals surface area (Å²) in [6.07, 6.45) is 11.7.